The highest BCUT2D eigenvalue weighted by Gasteiger charge is 2.22. The summed E-state index contributed by atoms with van der Waals surface area (Å²) in [7, 11) is -1.80. The second kappa shape index (κ2) is 4.78. The summed E-state index contributed by atoms with van der Waals surface area (Å²) < 4.78 is 26.4. The molecule has 0 spiro atoms. The molecule has 1 heterocycles. The minimum absolute atomic E-state index is 0.345. The van der Waals surface area contributed by atoms with E-state index in [9.17, 15) is 8.42 Å². The van der Waals surface area contributed by atoms with Gasteiger partial charge in [0.2, 0.25) is 0 Å². The van der Waals surface area contributed by atoms with Gasteiger partial charge in [-0.05, 0) is 35.0 Å². The number of hydrogen-bond donors (Lipinski definition) is 0. The van der Waals surface area contributed by atoms with Crippen LogP contribution in [0.5, 0.6) is 0 Å². The van der Waals surface area contributed by atoms with Crippen molar-refractivity contribution in [1.29, 1.82) is 0 Å². The fraction of sp³-hybridized carbons (Fsp3) is 0.333. The molecule has 0 bridgehead atoms. The van der Waals surface area contributed by atoms with Crippen LogP contribution in [0.3, 0.4) is 0 Å². The molecule has 3 nitrogen and oxygen atoms in total. The number of likely N-dealkylation sites (N-methyl/N-ethyl adjacent to an activating group) is 1. The Labute approximate surface area is 103 Å². The molecule has 0 aliphatic carbocycles. The Kier molecular flexibility index (Phi) is 4.11. The van der Waals surface area contributed by atoms with Gasteiger partial charge >= 0.3 is 0 Å². The van der Waals surface area contributed by atoms with Crippen molar-refractivity contribution in [2.45, 2.75) is 11.1 Å². The van der Waals surface area contributed by atoms with Crippen LogP contribution in [0.15, 0.2) is 32.3 Å². The van der Waals surface area contributed by atoms with Crippen LogP contribution in [0.4, 0.5) is 0 Å². The van der Waals surface area contributed by atoms with E-state index in [0.29, 0.717) is 10.8 Å². The molecule has 0 aromatic carbocycles. The van der Waals surface area contributed by atoms with E-state index in [1.807, 2.05) is 0 Å². The molecule has 0 aliphatic rings. The lowest BCUT2D eigenvalue weighted by Crippen LogP contribution is -2.27. The summed E-state index contributed by atoms with van der Waals surface area (Å²) in [5.74, 6) is 0. The van der Waals surface area contributed by atoms with Crippen molar-refractivity contribution in [3.63, 3.8) is 0 Å². The Bertz CT molecular complexity index is 464. The van der Waals surface area contributed by atoms with E-state index < -0.39 is 10.0 Å². The maximum absolute atomic E-state index is 12.0. The molecule has 0 unspecified atom stereocenters. The van der Waals surface area contributed by atoms with Gasteiger partial charge in [0.25, 0.3) is 10.0 Å². The van der Waals surface area contributed by atoms with Gasteiger partial charge in [-0.2, -0.15) is 4.31 Å². The molecule has 1 aromatic heterocycles. The number of sulfonamides is 1. The first-order chi connectivity index (χ1) is 6.84. The molecule has 0 radical (unpaired) electrons. The number of thiophene rings is 1. The van der Waals surface area contributed by atoms with Crippen molar-refractivity contribution in [1.82, 2.24) is 4.31 Å². The normalized spacial score (nSPS) is 12.0. The first kappa shape index (κ1) is 12.9. The predicted octanol–water partition coefficient (Wildman–Crippen LogP) is 2.71. The monoisotopic (exact) mass is 309 g/mol. The second-order valence-corrected chi connectivity index (χ2v) is 8.01. The average molecular weight is 310 g/mol. The highest BCUT2D eigenvalue weighted by Crippen LogP contribution is 2.28. The third-order valence-electron chi connectivity index (χ3n) is 1.71. The van der Waals surface area contributed by atoms with Crippen LogP contribution < -0.4 is 0 Å². The third-order valence-corrected chi connectivity index (χ3v) is 5.60. The van der Waals surface area contributed by atoms with Crippen molar-refractivity contribution >= 4 is 37.3 Å². The first-order valence-corrected chi connectivity index (χ1v) is 7.25. The average Bonchev–Trinajstić information content (AvgIpc) is 2.50. The predicted molar refractivity (Wildman–Crippen MR) is 66.6 cm³/mol. The van der Waals surface area contributed by atoms with Crippen LogP contribution in [0, 0.1) is 0 Å². The standard InChI is InChI=1S/C9H12BrNO2S2/c1-7(2)6-11(3)15(12,13)9-5-4-8(10)14-9/h4-5H,1,6H2,2-3H3. The molecule has 1 aromatic rings. The number of hydrogen-bond acceptors (Lipinski definition) is 3. The SMILES string of the molecule is C=C(C)CN(C)S(=O)(=O)c1ccc(Br)s1. The molecule has 1 rings (SSSR count). The van der Waals surface area contributed by atoms with Crippen LogP contribution in [-0.4, -0.2) is 26.3 Å². The van der Waals surface area contributed by atoms with Crippen molar-refractivity contribution in [2.75, 3.05) is 13.6 Å². The molecule has 0 atom stereocenters. The lowest BCUT2D eigenvalue weighted by molar-refractivity contribution is 0.495. The summed E-state index contributed by atoms with van der Waals surface area (Å²) in [5.41, 5.74) is 0.816. The number of nitrogens with zero attached hydrogens (tertiary/aromatic N) is 1. The lowest BCUT2D eigenvalue weighted by atomic mass is 10.4. The van der Waals surface area contributed by atoms with Crippen molar-refractivity contribution in [2.24, 2.45) is 0 Å². The van der Waals surface area contributed by atoms with Crippen molar-refractivity contribution in [3.8, 4) is 0 Å². The summed E-state index contributed by atoms with van der Waals surface area (Å²) in [6, 6.07) is 3.32. The Morgan fingerprint density at radius 1 is 1.60 bits per heavy atom. The van der Waals surface area contributed by atoms with Crippen LogP contribution in [-0.2, 0) is 10.0 Å². The van der Waals surface area contributed by atoms with Crippen LogP contribution >= 0.6 is 27.3 Å². The highest BCUT2D eigenvalue weighted by molar-refractivity contribution is 9.11. The van der Waals surface area contributed by atoms with Gasteiger partial charge in [0, 0.05) is 13.6 Å². The van der Waals surface area contributed by atoms with E-state index in [1.54, 1.807) is 26.1 Å². The minimum Gasteiger partial charge on any atom is -0.206 e. The highest BCUT2D eigenvalue weighted by atomic mass is 79.9. The molecule has 0 amide bonds. The van der Waals surface area contributed by atoms with Crippen LogP contribution in [0.1, 0.15) is 6.92 Å². The molecule has 0 aliphatic heterocycles. The summed E-state index contributed by atoms with van der Waals surface area (Å²) in [6.07, 6.45) is 0. The molecule has 6 heteroatoms. The summed E-state index contributed by atoms with van der Waals surface area (Å²) in [4.78, 5) is 0. The molecule has 0 saturated carbocycles. The van der Waals surface area contributed by atoms with Gasteiger partial charge in [-0.3, -0.25) is 0 Å². The molecule has 0 saturated heterocycles. The topological polar surface area (TPSA) is 37.4 Å². The number of rotatable bonds is 4. The third kappa shape index (κ3) is 3.14. The van der Waals surface area contributed by atoms with Gasteiger partial charge in [0.15, 0.2) is 0 Å². The number of halogens is 1. The zero-order chi connectivity index (χ0) is 11.6. The first-order valence-electron chi connectivity index (χ1n) is 4.20. The Hall–Kier alpha value is -0.170. The van der Waals surface area contributed by atoms with Crippen LogP contribution in [0.2, 0.25) is 0 Å². The maximum atomic E-state index is 12.0. The van der Waals surface area contributed by atoms with E-state index in [0.717, 1.165) is 9.36 Å². The molecular formula is C9H12BrNO2S2. The Morgan fingerprint density at radius 2 is 2.20 bits per heavy atom. The zero-order valence-corrected chi connectivity index (χ0v) is 11.7. The molecule has 15 heavy (non-hydrogen) atoms. The fourth-order valence-electron chi connectivity index (χ4n) is 1.06. The molecule has 0 fully saturated rings. The van der Waals surface area contributed by atoms with Gasteiger partial charge < -0.3 is 0 Å². The summed E-state index contributed by atoms with van der Waals surface area (Å²) in [5, 5.41) is 0. The molecular weight excluding hydrogens is 298 g/mol. The van der Waals surface area contributed by atoms with Gasteiger partial charge in [0.1, 0.15) is 4.21 Å². The molecule has 84 valence electrons. The largest absolute Gasteiger partial charge is 0.252 e. The van der Waals surface area contributed by atoms with Gasteiger partial charge in [0.05, 0.1) is 3.79 Å². The van der Waals surface area contributed by atoms with E-state index in [4.69, 9.17) is 0 Å². The zero-order valence-electron chi connectivity index (χ0n) is 8.53. The molecule has 0 N–H and O–H groups in total. The fourth-order valence-corrected chi connectivity index (χ4v) is 4.51. The second-order valence-electron chi connectivity index (χ2n) is 3.28. The lowest BCUT2D eigenvalue weighted by Gasteiger charge is -2.15. The maximum Gasteiger partial charge on any atom is 0.252 e. The van der Waals surface area contributed by atoms with E-state index in [2.05, 4.69) is 22.5 Å². The minimum atomic E-state index is -3.35. The van der Waals surface area contributed by atoms with Gasteiger partial charge in [-0.15, -0.1) is 11.3 Å². The van der Waals surface area contributed by atoms with Gasteiger partial charge in [-0.1, -0.05) is 12.2 Å². The smallest absolute Gasteiger partial charge is 0.206 e. The van der Waals surface area contributed by atoms with Crippen molar-refractivity contribution in [3.05, 3.63) is 28.1 Å². The Balaban J connectivity index is 2.98. The van der Waals surface area contributed by atoms with Gasteiger partial charge in [-0.25, -0.2) is 8.42 Å². The van der Waals surface area contributed by atoms with E-state index in [-0.39, 0.29) is 0 Å². The Morgan fingerprint density at radius 3 is 2.60 bits per heavy atom. The summed E-state index contributed by atoms with van der Waals surface area (Å²) in [6.45, 7) is 5.84. The quantitative estimate of drug-likeness (QED) is 0.802. The van der Waals surface area contributed by atoms with E-state index in [1.165, 1.54) is 15.6 Å². The van der Waals surface area contributed by atoms with Crippen molar-refractivity contribution < 1.29 is 8.42 Å². The van der Waals surface area contributed by atoms with E-state index >= 15 is 0 Å². The van der Waals surface area contributed by atoms with Crippen LogP contribution in [0.25, 0.3) is 0 Å². The summed E-state index contributed by atoms with van der Waals surface area (Å²) >= 11 is 4.45.